The summed E-state index contributed by atoms with van der Waals surface area (Å²) in [4.78, 5) is 35.6. The number of likely N-dealkylation sites (N-methyl/N-ethyl adjacent to an activating group) is 1. The van der Waals surface area contributed by atoms with Crippen molar-refractivity contribution in [2.75, 3.05) is 47.5 Å². The monoisotopic (exact) mass is 961 g/mol. The Bertz CT molecular complexity index is 1360. The van der Waals surface area contributed by atoms with Gasteiger partial charge in [-0.2, -0.15) is 0 Å². The SMILES string of the molecule is CC/C=C\C/C=C\C/C=C\C/C=C\CCCCCCCCCCCCCCC(=O)OC(COC(=O)CCCCCCCCC/C=C\C/C=C\CCCCCC)COP(=O)(O)OCC[N+](C)(C)C. The summed E-state index contributed by atoms with van der Waals surface area (Å²) < 4.78 is 34.5. The second kappa shape index (κ2) is 48.5. The van der Waals surface area contributed by atoms with Crippen molar-refractivity contribution >= 4 is 19.8 Å². The van der Waals surface area contributed by atoms with E-state index in [1.165, 1.54) is 109 Å². The molecule has 0 radical (unpaired) electrons. The van der Waals surface area contributed by atoms with Gasteiger partial charge in [0.25, 0.3) is 0 Å². The van der Waals surface area contributed by atoms with E-state index in [2.05, 4.69) is 86.8 Å². The first kappa shape index (κ1) is 64.5. The van der Waals surface area contributed by atoms with E-state index in [0.717, 1.165) is 83.5 Å². The van der Waals surface area contributed by atoms with E-state index >= 15 is 0 Å². The zero-order valence-electron chi connectivity index (χ0n) is 43.9. The van der Waals surface area contributed by atoms with Crippen LogP contribution in [0.4, 0.5) is 0 Å². The van der Waals surface area contributed by atoms with Gasteiger partial charge in [-0.05, 0) is 83.5 Å². The topological polar surface area (TPSA) is 108 Å². The molecule has 0 saturated carbocycles. The molecule has 2 unspecified atom stereocenters. The molecule has 0 aliphatic carbocycles. The number of hydrogen-bond acceptors (Lipinski definition) is 7. The van der Waals surface area contributed by atoms with Crippen LogP contribution in [0.3, 0.4) is 0 Å². The third-order valence-corrected chi connectivity index (χ3v) is 12.5. The summed E-state index contributed by atoms with van der Waals surface area (Å²) in [7, 11) is 1.47. The lowest BCUT2D eigenvalue weighted by Crippen LogP contribution is -2.37. The Hall–Kier alpha value is -2.55. The quantitative estimate of drug-likeness (QED) is 0.0211. The van der Waals surface area contributed by atoms with Gasteiger partial charge in [-0.3, -0.25) is 18.6 Å². The highest BCUT2D eigenvalue weighted by Gasteiger charge is 2.27. The van der Waals surface area contributed by atoms with Crippen LogP contribution in [0.25, 0.3) is 0 Å². The fourth-order valence-electron chi connectivity index (χ4n) is 7.27. The number of phosphoric acid groups is 1. The smallest absolute Gasteiger partial charge is 0.462 e. The molecule has 0 heterocycles. The maximum Gasteiger partial charge on any atom is 0.472 e. The first-order chi connectivity index (χ1) is 32.5. The number of quaternary nitrogens is 1. The van der Waals surface area contributed by atoms with Crippen LogP contribution < -0.4 is 0 Å². The zero-order valence-corrected chi connectivity index (χ0v) is 44.8. The van der Waals surface area contributed by atoms with Crippen molar-refractivity contribution < 1.29 is 42.1 Å². The lowest BCUT2D eigenvalue weighted by Gasteiger charge is -2.24. The van der Waals surface area contributed by atoms with Gasteiger partial charge >= 0.3 is 19.8 Å². The van der Waals surface area contributed by atoms with Crippen LogP contribution in [0.1, 0.15) is 226 Å². The van der Waals surface area contributed by atoms with Crippen LogP contribution in [0, 0.1) is 0 Å². The Labute approximate surface area is 412 Å². The molecular formula is C57H103NO8P+. The minimum Gasteiger partial charge on any atom is -0.462 e. The number of carbonyl (C=O) groups excluding carboxylic acids is 2. The highest BCUT2D eigenvalue weighted by atomic mass is 31.2. The van der Waals surface area contributed by atoms with Gasteiger partial charge < -0.3 is 18.9 Å². The molecule has 0 aromatic carbocycles. The summed E-state index contributed by atoms with van der Waals surface area (Å²) in [6.45, 7) is 4.30. The largest absolute Gasteiger partial charge is 0.472 e. The van der Waals surface area contributed by atoms with Gasteiger partial charge in [-0.1, -0.05) is 202 Å². The minimum atomic E-state index is -4.39. The first-order valence-corrected chi connectivity index (χ1v) is 28.7. The van der Waals surface area contributed by atoms with Crippen molar-refractivity contribution in [3.8, 4) is 0 Å². The molecule has 1 N–H and O–H groups in total. The second-order valence-corrected chi connectivity index (χ2v) is 20.7. The summed E-state index contributed by atoms with van der Waals surface area (Å²) in [5, 5.41) is 0. The molecule has 10 heteroatoms. The van der Waals surface area contributed by atoms with Gasteiger partial charge in [0.15, 0.2) is 6.10 Å². The maximum atomic E-state index is 12.8. The van der Waals surface area contributed by atoms with Gasteiger partial charge in [-0.15, -0.1) is 0 Å². The molecule has 9 nitrogen and oxygen atoms in total. The molecule has 0 aromatic heterocycles. The van der Waals surface area contributed by atoms with Crippen molar-refractivity contribution in [3.05, 3.63) is 72.9 Å². The predicted octanol–water partition coefficient (Wildman–Crippen LogP) is 16.5. The average Bonchev–Trinajstić information content (AvgIpc) is 3.29. The normalized spacial score (nSPS) is 13.9. The van der Waals surface area contributed by atoms with Crippen LogP contribution >= 0.6 is 7.82 Å². The Balaban J connectivity index is 4.22. The average molecular weight is 961 g/mol. The van der Waals surface area contributed by atoms with Gasteiger partial charge in [0.2, 0.25) is 0 Å². The molecular weight excluding hydrogens is 858 g/mol. The number of esters is 2. The van der Waals surface area contributed by atoms with E-state index in [9.17, 15) is 19.0 Å². The molecule has 0 aromatic rings. The molecule has 2 atom stereocenters. The molecule has 0 aliphatic rings. The Morgan fingerprint density at radius 1 is 0.478 bits per heavy atom. The predicted molar refractivity (Wildman–Crippen MR) is 284 cm³/mol. The summed E-state index contributed by atoms with van der Waals surface area (Å²) in [6, 6.07) is 0. The maximum absolute atomic E-state index is 12.8. The fourth-order valence-corrected chi connectivity index (χ4v) is 8.01. The minimum absolute atomic E-state index is 0.0275. The Morgan fingerprint density at radius 2 is 0.851 bits per heavy atom. The van der Waals surface area contributed by atoms with Gasteiger partial charge in [0.05, 0.1) is 27.7 Å². The number of hydrogen-bond donors (Lipinski definition) is 1. The Kier molecular flexibility index (Phi) is 46.6. The molecule has 0 saturated heterocycles. The molecule has 0 aliphatic heterocycles. The van der Waals surface area contributed by atoms with Crippen LogP contribution in [-0.4, -0.2) is 74.9 Å². The van der Waals surface area contributed by atoms with Gasteiger partial charge in [0, 0.05) is 12.8 Å². The standard InChI is InChI=1S/C57H102NO8P/c1-6-8-10-12-14-16-18-20-22-24-26-27-28-29-30-31-32-34-36-38-40-42-44-46-48-50-57(60)66-55(54-65-67(61,62)64-52-51-58(3,4)5)53-63-56(59)49-47-45-43-41-39-37-35-33-25-23-21-19-17-15-13-11-9-7-2/h8,10,14,16-17,19-20,22-23,25-27,55H,6-7,9,11-13,15,18,21,24,28-54H2,1-5H3/p+1/b10-8-,16-14-,19-17-,22-20-,25-23-,27-26-. The number of ether oxygens (including phenoxy) is 2. The van der Waals surface area contributed by atoms with E-state index in [-0.39, 0.29) is 32.0 Å². The number of carbonyl (C=O) groups is 2. The van der Waals surface area contributed by atoms with Crippen molar-refractivity contribution in [2.24, 2.45) is 0 Å². The van der Waals surface area contributed by atoms with Crippen LogP contribution in [0.5, 0.6) is 0 Å². The second-order valence-electron chi connectivity index (χ2n) is 19.2. The van der Waals surface area contributed by atoms with Crippen molar-refractivity contribution in [3.63, 3.8) is 0 Å². The summed E-state index contributed by atoms with van der Waals surface area (Å²) in [5.41, 5.74) is 0. The molecule has 0 spiro atoms. The van der Waals surface area contributed by atoms with E-state index in [4.69, 9.17) is 18.5 Å². The molecule has 0 amide bonds. The van der Waals surface area contributed by atoms with E-state index in [0.29, 0.717) is 17.4 Å². The molecule has 0 rings (SSSR count). The third kappa shape index (κ3) is 52.7. The molecule has 388 valence electrons. The van der Waals surface area contributed by atoms with Crippen molar-refractivity contribution in [1.29, 1.82) is 0 Å². The van der Waals surface area contributed by atoms with Crippen LogP contribution in [0.2, 0.25) is 0 Å². The van der Waals surface area contributed by atoms with E-state index < -0.39 is 26.5 Å². The number of unbranched alkanes of at least 4 members (excludes halogenated alkanes) is 23. The van der Waals surface area contributed by atoms with E-state index in [1.807, 2.05) is 21.1 Å². The van der Waals surface area contributed by atoms with Gasteiger partial charge in [0.1, 0.15) is 19.8 Å². The lowest BCUT2D eigenvalue weighted by atomic mass is 10.0. The number of allylic oxidation sites excluding steroid dienone is 12. The Morgan fingerprint density at radius 3 is 1.27 bits per heavy atom. The highest BCUT2D eigenvalue weighted by Crippen LogP contribution is 2.43. The van der Waals surface area contributed by atoms with Gasteiger partial charge in [-0.25, -0.2) is 4.57 Å². The number of nitrogens with zero attached hydrogens (tertiary/aromatic N) is 1. The summed E-state index contributed by atoms with van der Waals surface area (Å²) in [6.07, 6.45) is 62.4. The van der Waals surface area contributed by atoms with Crippen molar-refractivity contribution in [1.82, 2.24) is 0 Å². The zero-order chi connectivity index (χ0) is 49.2. The molecule has 67 heavy (non-hydrogen) atoms. The lowest BCUT2D eigenvalue weighted by molar-refractivity contribution is -0.870. The molecule has 0 fully saturated rings. The number of phosphoric ester groups is 1. The third-order valence-electron chi connectivity index (χ3n) is 11.5. The highest BCUT2D eigenvalue weighted by molar-refractivity contribution is 7.47. The number of rotatable bonds is 49. The van der Waals surface area contributed by atoms with Crippen LogP contribution in [0.15, 0.2) is 72.9 Å². The molecule has 0 bridgehead atoms. The first-order valence-electron chi connectivity index (χ1n) is 27.2. The van der Waals surface area contributed by atoms with Crippen LogP contribution in [-0.2, 0) is 32.7 Å². The van der Waals surface area contributed by atoms with Crippen molar-refractivity contribution in [2.45, 2.75) is 232 Å². The summed E-state index contributed by atoms with van der Waals surface area (Å²) >= 11 is 0. The summed E-state index contributed by atoms with van der Waals surface area (Å²) in [5.74, 6) is -0.808. The fraction of sp³-hybridized carbons (Fsp3) is 0.754. The van der Waals surface area contributed by atoms with E-state index in [1.54, 1.807) is 0 Å².